The maximum Gasteiger partial charge on any atom is 0.460 e. The lowest BCUT2D eigenvalue weighted by Gasteiger charge is -2.09. The molecule has 0 aliphatic carbocycles. The van der Waals surface area contributed by atoms with E-state index in [2.05, 4.69) is 9.05 Å². The first-order valence-electron chi connectivity index (χ1n) is 3.28. The minimum absolute atomic E-state index is 0.454. The molecule has 0 aliphatic rings. The lowest BCUT2D eigenvalue weighted by atomic mass is 11.1. The topological polar surface area (TPSA) is 35.5 Å². The monoisotopic (exact) mass is 268 g/mol. The fourth-order valence-corrected chi connectivity index (χ4v) is 1.30. The molecule has 0 saturated carbocycles. The molecule has 16 heavy (non-hydrogen) atoms. The molecule has 0 amide bonds. The summed E-state index contributed by atoms with van der Waals surface area (Å²) in [5, 5.41) is 0. The molecule has 0 aromatic rings. The molecule has 0 aromatic carbocycles. The van der Waals surface area contributed by atoms with Crippen LogP contribution in [0, 0.1) is 0 Å². The van der Waals surface area contributed by atoms with E-state index in [1.807, 2.05) is 0 Å². The van der Waals surface area contributed by atoms with Crippen LogP contribution in [0.1, 0.15) is 0 Å². The second-order valence-electron chi connectivity index (χ2n) is 1.98. The fourth-order valence-electron chi connectivity index (χ4n) is 0.432. The smallest absolute Gasteiger partial charge is 0.415 e. The molecule has 0 bridgehead atoms. The van der Waals surface area contributed by atoms with Crippen molar-refractivity contribution in [3.8, 4) is 0 Å². The third-order valence-corrected chi connectivity index (χ3v) is 2.14. The molecule has 0 radical (unpaired) electrons. The lowest BCUT2D eigenvalue weighted by molar-refractivity contribution is 0.293. The van der Waals surface area contributed by atoms with Gasteiger partial charge in [0.15, 0.2) is 12.5 Å². The Hall–Kier alpha value is -1.37. The van der Waals surface area contributed by atoms with Crippen LogP contribution in [-0.4, -0.2) is 0 Å². The minimum atomic E-state index is -4.91. The van der Waals surface area contributed by atoms with Gasteiger partial charge in [-0.05, 0) is 0 Å². The summed E-state index contributed by atoms with van der Waals surface area (Å²) in [7, 11) is -4.91. The van der Waals surface area contributed by atoms with E-state index in [1.54, 1.807) is 0 Å². The Balaban J connectivity index is 4.91. The van der Waals surface area contributed by atoms with Crippen LogP contribution in [0.5, 0.6) is 0 Å². The summed E-state index contributed by atoms with van der Waals surface area (Å²) >= 11 is 0. The summed E-state index contributed by atoms with van der Waals surface area (Å²) < 4.78 is 87.7. The highest BCUT2D eigenvalue weighted by Crippen LogP contribution is 2.52. The Bertz CT molecular complexity index is 340. The molecule has 0 heterocycles. The summed E-state index contributed by atoms with van der Waals surface area (Å²) in [4.78, 5) is 0. The van der Waals surface area contributed by atoms with E-state index in [0.717, 1.165) is 0 Å². The number of rotatable bonds is 5. The number of hydrogen-bond acceptors (Lipinski definition) is 3. The highest BCUT2D eigenvalue weighted by atomic mass is 31.2. The van der Waals surface area contributed by atoms with Crippen molar-refractivity contribution < 1.29 is 40.0 Å². The molecule has 0 saturated heterocycles. The van der Waals surface area contributed by atoms with Crippen LogP contribution in [0.2, 0.25) is 0 Å². The van der Waals surface area contributed by atoms with Gasteiger partial charge >= 0.3 is 19.8 Å². The van der Waals surface area contributed by atoms with E-state index >= 15 is 0 Å². The molecule has 0 atom stereocenters. The van der Waals surface area contributed by atoms with Crippen LogP contribution >= 0.6 is 7.60 Å². The van der Waals surface area contributed by atoms with Crippen molar-refractivity contribution in [1.82, 2.24) is 0 Å². The molecule has 0 rings (SSSR count). The van der Waals surface area contributed by atoms with Gasteiger partial charge < -0.3 is 9.05 Å². The van der Waals surface area contributed by atoms with Gasteiger partial charge in [-0.1, -0.05) is 0 Å². The van der Waals surface area contributed by atoms with E-state index in [0.29, 0.717) is 0 Å². The summed E-state index contributed by atoms with van der Waals surface area (Å²) in [6, 6.07) is 0. The molecule has 0 unspecified atom stereocenters. The van der Waals surface area contributed by atoms with Crippen LogP contribution in [-0.2, 0) is 13.6 Å². The Kier molecular flexibility index (Phi) is 5.73. The molecule has 0 N–H and O–H groups in total. The predicted molar refractivity (Wildman–Crippen MR) is 40.7 cm³/mol. The second kappa shape index (κ2) is 6.26. The van der Waals surface area contributed by atoms with Gasteiger partial charge in [0, 0.05) is 0 Å². The molecule has 0 aliphatic heterocycles. The Morgan fingerprint density at radius 1 is 0.812 bits per heavy atom. The summed E-state index contributed by atoms with van der Waals surface area (Å²) in [5.74, 6) is -0.480. The van der Waals surface area contributed by atoms with Gasteiger partial charge in [-0.15, -0.1) is 0 Å². The zero-order valence-electron chi connectivity index (χ0n) is 7.17. The van der Waals surface area contributed by atoms with E-state index in [1.165, 1.54) is 0 Å². The largest absolute Gasteiger partial charge is 0.460 e. The SMILES string of the molecule is O=P(C=C(F)F)(OC=C(F)F)OC=C(F)F. The van der Waals surface area contributed by atoms with Crippen molar-refractivity contribution in [3.05, 3.63) is 36.6 Å². The van der Waals surface area contributed by atoms with Gasteiger partial charge in [-0.25, -0.2) is 4.57 Å². The summed E-state index contributed by atoms with van der Waals surface area (Å²) in [6.07, 6.45) is -8.50. The number of hydrogen-bond donors (Lipinski definition) is 0. The molecular formula is C6H3F6O3P. The average Bonchev–Trinajstić information content (AvgIpc) is 2.11. The van der Waals surface area contributed by atoms with E-state index in [9.17, 15) is 30.9 Å². The molecule has 10 heteroatoms. The Morgan fingerprint density at radius 3 is 1.44 bits per heavy atom. The van der Waals surface area contributed by atoms with Gasteiger partial charge in [0.25, 0.3) is 6.08 Å². The van der Waals surface area contributed by atoms with Crippen molar-refractivity contribution in [2.75, 3.05) is 0 Å². The zero-order valence-corrected chi connectivity index (χ0v) is 8.07. The second-order valence-corrected chi connectivity index (χ2v) is 3.74. The van der Waals surface area contributed by atoms with Crippen molar-refractivity contribution in [2.24, 2.45) is 0 Å². The maximum atomic E-state index is 11.7. The molecule has 92 valence electrons. The Labute approximate surface area is 85.2 Å². The fraction of sp³-hybridized carbons (Fsp3) is 0. The van der Waals surface area contributed by atoms with E-state index < -0.39 is 44.2 Å². The van der Waals surface area contributed by atoms with E-state index in [-0.39, 0.29) is 0 Å². The number of halogens is 6. The molecule has 0 spiro atoms. The average molecular weight is 268 g/mol. The highest BCUT2D eigenvalue weighted by molar-refractivity contribution is 7.57. The van der Waals surface area contributed by atoms with Gasteiger partial charge in [0.05, 0.1) is 0 Å². The van der Waals surface area contributed by atoms with Crippen LogP contribution in [0.25, 0.3) is 0 Å². The van der Waals surface area contributed by atoms with Gasteiger partial charge in [-0.2, -0.15) is 26.3 Å². The van der Waals surface area contributed by atoms with Crippen molar-refractivity contribution >= 4 is 7.60 Å². The normalized spacial score (nSPS) is 10.1. The maximum absolute atomic E-state index is 11.7. The van der Waals surface area contributed by atoms with Crippen LogP contribution in [0.3, 0.4) is 0 Å². The minimum Gasteiger partial charge on any atom is -0.415 e. The van der Waals surface area contributed by atoms with Crippen LogP contribution in [0.15, 0.2) is 36.6 Å². The highest BCUT2D eigenvalue weighted by Gasteiger charge is 2.25. The predicted octanol–water partition coefficient (Wildman–Crippen LogP) is 4.43. The van der Waals surface area contributed by atoms with Crippen molar-refractivity contribution in [3.63, 3.8) is 0 Å². The summed E-state index contributed by atoms with van der Waals surface area (Å²) in [6.45, 7) is 0. The Morgan fingerprint density at radius 2 is 1.19 bits per heavy atom. The molecule has 3 nitrogen and oxygen atoms in total. The van der Waals surface area contributed by atoms with E-state index in [4.69, 9.17) is 0 Å². The molecule has 0 aromatic heterocycles. The third-order valence-electron chi connectivity index (χ3n) is 0.833. The summed E-state index contributed by atoms with van der Waals surface area (Å²) in [5.41, 5.74) is 0. The zero-order chi connectivity index (χ0) is 12.8. The molecule has 0 fully saturated rings. The lowest BCUT2D eigenvalue weighted by Crippen LogP contribution is -1.84. The van der Waals surface area contributed by atoms with Crippen LogP contribution in [0.4, 0.5) is 26.3 Å². The molecular weight excluding hydrogens is 265 g/mol. The quantitative estimate of drug-likeness (QED) is 0.420. The van der Waals surface area contributed by atoms with Gasteiger partial charge in [-0.3, -0.25) is 0 Å². The standard InChI is InChI=1S/C6H3F6O3P/c7-4(8)1-14-16(13,3-6(11)12)15-2-5(9)10/h1-3H. The van der Waals surface area contributed by atoms with Crippen LogP contribution < -0.4 is 0 Å². The van der Waals surface area contributed by atoms with Crippen molar-refractivity contribution in [1.29, 1.82) is 0 Å². The first-order chi connectivity index (χ1) is 7.25. The first-order valence-corrected chi connectivity index (χ1v) is 4.89. The first kappa shape index (κ1) is 14.6. The van der Waals surface area contributed by atoms with Gasteiger partial charge in [0.2, 0.25) is 0 Å². The third kappa shape index (κ3) is 6.99. The van der Waals surface area contributed by atoms with Crippen molar-refractivity contribution in [2.45, 2.75) is 0 Å². The van der Waals surface area contributed by atoms with Gasteiger partial charge in [0.1, 0.15) is 5.82 Å².